The largest absolute Gasteiger partial charge is 0.365 e. The number of rotatable bonds is 3. The molecule has 6 nitrogen and oxygen atoms in total. The molecule has 3 atom stereocenters. The van der Waals surface area contributed by atoms with Crippen molar-refractivity contribution in [1.29, 1.82) is 0 Å². The average Bonchev–Trinajstić information content (AvgIpc) is 3.19. The van der Waals surface area contributed by atoms with Crippen molar-refractivity contribution in [3.63, 3.8) is 0 Å². The summed E-state index contributed by atoms with van der Waals surface area (Å²) in [7, 11) is 0. The fraction of sp³-hybridized carbons (Fsp3) is 0.500. The van der Waals surface area contributed by atoms with Crippen LogP contribution in [-0.2, 0) is 16.0 Å². The van der Waals surface area contributed by atoms with Crippen LogP contribution in [0.25, 0.3) is 0 Å². The van der Waals surface area contributed by atoms with Gasteiger partial charge in [-0.05, 0) is 43.4 Å². The number of nitrogens with one attached hydrogen (secondary N) is 1. The van der Waals surface area contributed by atoms with Crippen LogP contribution < -0.4 is 0 Å². The molecule has 2 aliphatic rings. The van der Waals surface area contributed by atoms with Crippen LogP contribution in [0.4, 0.5) is 4.39 Å². The Balaban J connectivity index is 1.38. The zero-order chi connectivity index (χ0) is 17.4. The van der Waals surface area contributed by atoms with E-state index < -0.39 is 0 Å². The number of fused-ring (bicyclic) bond motifs is 1. The first kappa shape index (κ1) is 16.2. The van der Waals surface area contributed by atoms with E-state index in [9.17, 15) is 9.18 Å². The van der Waals surface area contributed by atoms with Crippen LogP contribution in [-0.4, -0.2) is 45.2 Å². The Labute approximate surface area is 145 Å². The fourth-order valence-electron chi connectivity index (χ4n) is 3.76. The molecule has 0 saturated carbocycles. The van der Waals surface area contributed by atoms with Gasteiger partial charge in [-0.25, -0.2) is 9.37 Å². The predicted octanol–water partition coefficient (Wildman–Crippen LogP) is 2.17. The van der Waals surface area contributed by atoms with Crippen LogP contribution in [0, 0.1) is 18.7 Å². The Hall–Kier alpha value is -2.28. The zero-order valence-corrected chi connectivity index (χ0v) is 14.1. The number of nitrogens with zero attached hydrogens (tertiary/aromatic N) is 3. The monoisotopic (exact) mass is 344 g/mol. The third-order valence-electron chi connectivity index (χ3n) is 5.05. The molecule has 2 saturated heterocycles. The number of halogens is 1. The number of likely N-dealkylation sites (tertiary alicyclic amines) is 1. The van der Waals surface area contributed by atoms with Crippen molar-refractivity contribution in [3.05, 3.63) is 47.3 Å². The molecule has 2 fully saturated rings. The lowest BCUT2D eigenvalue weighted by molar-refractivity contribution is -0.135. The molecule has 2 aliphatic heterocycles. The van der Waals surface area contributed by atoms with Crippen molar-refractivity contribution in [2.45, 2.75) is 38.4 Å². The van der Waals surface area contributed by atoms with Gasteiger partial charge < -0.3 is 9.64 Å². The van der Waals surface area contributed by atoms with E-state index in [4.69, 9.17) is 4.74 Å². The van der Waals surface area contributed by atoms with E-state index >= 15 is 0 Å². The molecule has 132 valence electrons. The standard InChI is InChI=1S/C18H21FN4O2/c1-11-20-18(22-21-11)15-9-13-5-6-23(10-16(13)25-15)17(24)8-12-3-2-4-14(19)7-12/h2-4,7,13,15-16H,5-6,8-10H2,1H3,(H,20,21,22)/t13-,15+,16+/m1/s1. The van der Waals surface area contributed by atoms with E-state index in [0.717, 1.165) is 25.2 Å². The van der Waals surface area contributed by atoms with Crippen molar-refractivity contribution in [2.75, 3.05) is 13.1 Å². The summed E-state index contributed by atoms with van der Waals surface area (Å²) in [5, 5.41) is 7.05. The highest BCUT2D eigenvalue weighted by Crippen LogP contribution is 2.39. The van der Waals surface area contributed by atoms with Crippen LogP contribution >= 0.6 is 0 Å². The molecule has 4 rings (SSSR count). The van der Waals surface area contributed by atoms with Gasteiger partial charge in [0.2, 0.25) is 5.91 Å². The average molecular weight is 344 g/mol. The number of H-pyrrole nitrogens is 1. The van der Waals surface area contributed by atoms with Crippen LogP contribution in [0.1, 0.15) is 36.2 Å². The number of ether oxygens (including phenoxy) is 1. The third-order valence-corrected chi connectivity index (χ3v) is 5.05. The number of hydrogen-bond donors (Lipinski definition) is 1. The second-order valence-electron chi connectivity index (χ2n) is 6.87. The smallest absolute Gasteiger partial charge is 0.227 e. The summed E-state index contributed by atoms with van der Waals surface area (Å²) < 4.78 is 19.4. The molecule has 0 bridgehead atoms. The molecule has 1 N–H and O–H groups in total. The highest BCUT2D eigenvalue weighted by atomic mass is 19.1. The Morgan fingerprint density at radius 2 is 2.36 bits per heavy atom. The molecule has 0 unspecified atom stereocenters. The number of aromatic nitrogens is 3. The van der Waals surface area contributed by atoms with Crippen molar-refractivity contribution in [2.24, 2.45) is 5.92 Å². The van der Waals surface area contributed by atoms with Crippen LogP contribution in [0.3, 0.4) is 0 Å². The molecule has 1 aromatic heterocycles. The Morgan fingerprint density at radius 1 is 1.48 bits per heavy atom. The van der Waals surface area contributed by atoms with E-state index in [1.165, 1.54) is 12.1 Å². The van der Waals surface area contributed by atoms with Gasteiger partial charge in [-0.3, -0.25) is 9.89 Å². The van der Waals surface area contributed by atoms with E-state index in [2.05, 4.69) is 15.2 Å². The maximum atomic E-state index is 13.3. The first-order chi connectivity index (χ1) is 12.1. The number of aromatic amines is 1. The minimum absolute atomic E-state index is 0.0184. The second-order valence-corrected chi connectivity index (χ2v) is 6.87. The Kier molecular flexibility index (Phi) is 4.25. The summed E-state index contributed by atoms with van der Waals surface area (Å²) in [6.07, 6.45) is 1.96. The summed E-state index contributed by atoms with van der Waals surface area (Å²) in [5.74, 6) is 1.62. The molecule has 0 spiro atoms. The number of carbonyl (C=O) groups is 1. The van der Waals surface area contributed by atoms with Gasteiger partial charge in [0, 0.05) is 13.1 Å². The number of aryl methyl sites for hydroxylation is 1. The summed E-state index contributed by atoms with van der Waals surface area (Å²) in [6.45, 7) is 3.17. The molecular formula is C18H21FN4O2. The molecule has 0 aliphatic carbocycles. The predicted molar refractivity (Wildman–Crippen MR) is 88.1 cm³/mol. The Morgan fingerprint density at radius 3 is 3.12 bits per heavy atom. The lowest BCUT2D eigenvalue weighted by Gasteiger charge is -2.34. The summed E-state index contributed by atoms with van der Waals surface area (Å²) in [5.41, 5.74) is 0.702. The van der Waals surface area contributed by atoms with Gasteiger partial charge in [-0.2, -0.15) is 5.10 Å². The maximum Gasteiger partial charge on any atom is 0.227 e. The third kappa shape index (κ3) is 3.42. The van der Waals surface area contributed by atoms with Crippen molar-refractivity contribution in [1.82, 2.24) is 20.1 Å². The highest BCUT2D eigenvalue weighted by molar-refractivity contribution is 5.78. The molecule has 3 heterocycles. The zero-order valence-electron chi connectivity index (χ0n) is 14.1. The number of hydrogen-bond acceptors (Lipinski definition) is 4. The molecule has 1 aromatic carbocycles. The first-order valence-corrected chi connectivity index (χ1v) is 8.65. The molecule has 0 radical (unpaired) electrons. The topological polar surface area (TPSA) is 71.1 Å². The van der Waals surface area contributed by atoms with E-state index in [1.54, 1.807) is 12.1 Å². The fourth-order valence-corrected chi connectivity index (χ4v) is 3.76. The SMILES string of the molecule is Cc1nc([C@@H]2C[C@H]3CCN(C(=O)Cc4cccc(F)c4)C[C@@H]3O2)n[nH]1. The van der Waals surface area contributed by atoms with Crippen molar-refractivity contribution < 1.29 is 13.9 Å². The number of carbonyl (C=O) groups excluding carboxylic acids is 1. The number of amides is 1. The van der Waals surface area contributed by atoms with Gasteiger partial charge in [-0.1, -0.05) is 12.1 Å². The number of piperidine rings is 1. The van der Waals surface area contributed by atoms with E-state index in [0.29, 0.717) is 23.9 Å². The van der Waals surface area contributed by atoms with Gasteiger partial charge in [0.05, 0.1) is 12.5 Å². The summed E-state index contributed by atoms with van der Waals surface area (Å²) in [6, 6.07) is 6.21. The molecule has 25 heavy (non-hydrogen) atoms. The molecule has 1 amide bonds. The van der Waals surface area contributed by atoms with Gasteiger partial charge in [0.1, 0.15) is 17.7 Å². The van der Waals surface area contributed by atoms with Gasteiger partial charge in [0.15, 0.2) is 5.82 Å². The minimum Gasteiger partial charge on any atom is -0.365 e. The molecule has 2 aromatic rings. The lowest BCUT2D eigenvalue weighted by atomic mass is 9.91. The van der Waals surface area contributed by atoms with Crippen LogP contribution in [0.2, 0.25) is 0 Å². The van der Waals surface area contributed by atoms with Crippen molar-refractivity contribution in [3.8, 4) is 0 Å². The van der Waals surface area contributed by atoms with Gasteiger partial charge in [0.25, 0.3) is 0 Å². The second kappa shape index (κ2) is 6.55. The highest BCUT2D eigenvalue weighted by Gasteiger charge is 2.41. The lowest BCUT2D eigenvalue weighted by Crippen LogP contribution is -2.45. The summed E-state index contributed by atoms with van der Waals surface area (Å²) in [4.78, 5) is 18.7. The Bertz CT molecular complexity index is 778. The maximum absolute atomic E-state index is 13.3. The minimum atomic E-state index is -0.312. The summed E-state index contributed by atoms with van der Waals surface area (Å²) >= 11 is 0. The number of benzene rings is 1. The van der Waals surface area contributed by atoms with Crippen LogP contribution in [0.15, 0.2) is 24.3 Å². The first-order valence-electron chi connectivity index (χ1n) is 8.65. The normalized spacial score (nSPS) is 25.8. The van der Waals surface area contributed by atoms with E-state index in [1.807, 2.05) is 11.8 Å². The quantitative estimate of drug-likeness (QED) is 0.926. The molecular weight excluding hydrogens is 323 g/mol. The van der Waals surface area contributed by atoms with Crippen molar-refractivity contribution >= 4 is 5.91 Å². The van der Waals surface area contributed by atoms with Crippen LogP contribution in [0.5, 0.6) is 0 Å². The molecule has 7 heteroatoms. The van der Waals surface area contributed by atoms with Gasteiger partial charge in [-0.15, -0.1) is 0 Å². The van der Waals surface area contributed by atoms with Gasteiger partial charge >= 0.3 is 0 Å². The van der Waals surface area contributed by atoms with E-state index in [-0.39, 0.29) is 30.4 Å².